The van der Waals surface area contributed by atoms with E-state index in [1.807, 2.05) is 18.2 Å². The number of sulfonamides is 1. The van der Waals surface area contributed by atoms with Gasteiger partial charge in [-0.05, 0) is 67.1 Å². The van der Waals surface area contributed by atoms with E-state index in [-0.39, 0.29) is 22.6 Å². The summed E-state index contributed by atoms with van der Waals surface area (Å²) in [6.07, 6.45) is 6.21. The van der Waals surface area contributed by atoms with Crippen LogP contribution in [-0.2, 0) is 15.4 Å². The van der Waals surface area contributed by atoms with Gasteiger partial charge in [0, 0.05) is 6.54 Å². The summed E-state index contributed by atoms with van der Waals surface area (Å²) in [4.78, 5) is 15.3. The molecule has 0 aliphatic carbocycles. The Kier molecular flexibility index (Phi) is 7.33. The number of ether oxygens (including phenoxy) is 1. The maximum atomic E-state index is 12.8. The second-order valence-corrected chi connectivity index (χ2v) is 11.7. The van der Waals surface area contributed by atoms with E-state index < -0.39 is 15.9 Å². The van der Waals surface area contributed by atoms with Crippen LogP contribution in [-0.4, -0.2) is 49.9 Å². The molecule has 2 aromatic carbocycles. The molecule has 0 aromatic heterocycles. The number of hydrogen-bond donors (Lipinski definition) is 0. The summed E-state index contributed by atoms with van der Waals surface area (Å²) in [6, 6.07) is 14.2. The number of unbranched alkanes of at least 4 members (excludes halogenated alkanes) is 3. The minimum absolute atomic E-state index is 0.0189. The van der Waals surface area contributed by atoms with Crippen molar-refractivity contribution in [3.63, 3.8) is 0 Å². The lowest BCUT2D eigenvalue weighted by atomic mass is 9.68. The molecule has 0 N–H and O–H groups in total. The molecule has 2 atom stereocenters. The second-order valence-electron chi connectivity index (χ2n) is 9.89. The number of amides is 1. The molecule has 6 nitrogen and oxygen atoms in total. The molecule has 2 heterocycles. The molecule has 1 amide bonds. The van der Waals surface area contributed by atoms with Gasteiger partial charge in [-0.25, -0.2) is 8.42 Å². The Labute approximate surface area is 204 Å². The van der Waals surface area contributed by atoms with Gasteiger partial charge in [-0.3, -0.25) is 4.79 Å². The number of nitrogens with zero attached hydrogens (tertiary/aromatic N) is 2. The van der Waals surface area contributed by atoms with Crippen molar-refractivity contribution in [2.45, 2.75) is 63.2 Å². The minimum atomic E-state index is -3.88. The van der Waals surface area contributed by atoms with Crippen LogP contribution >= 0.6 is 0 Å². The van der Waals surface area contributed by atoms with Crippen LogP contribution in [0, 0.1) is 5.92 Å². The molecule has 0 spiro atoms. The highest BCUT2D eigenvalue weighted by Crippen LogP contribution is 2.40. The monoisotopic (exact) mass is 484 g/mol. The van der Waals surface area contributed by atoms with Crippen LogP contribution in [0.3, 0.4) is 0 Å². The van der Waals surface area contributed by atoms with Gasteiger partial charge in [0.15, 0.2) is 6.73 Å². The first kappa shape index (κ1) is 24.7. The molecule has 7 heteroatoms. The first-order valence-electron chi connectivity index (χ1n) is 12.4. The number of benzene rings is 2. The smallest absolute Gasteiger partial charge is 0.271 e. The van der Waals surface area contributed by atoms with Crippen molar-refractivity contribution in [2.75, 3.05) is 26.4 Å². The molecule has 34 heavy (non-hydrogen) atoms. The summed E-state index contributed by atoms with van der Waals surface area (Å²) in [5.41, 5.74) is 1.41. The fraction of sp³-hybridized carbons (Fsp3) is 0.519. The predicted octanol–water partition coefficient (Wildman–Crippen LogP) is 5.05. The largest absolute Gasteiger partial charge is 0.472 e. The zero-order chi connectivity index (χ0) is 24.3. The molecule has 0 saturated carbocycles. The van der Waals surface area contributed by atoms with Gasteiger partial charge in [0.2, 0.25) is 0 Å². The van der Waals surface area contributed by atoms with Gasteiger partial charge in [0.25, 0.3) is 15.9 Å². The standard InChI is InChI=1S/C27H36N2O4S/c1-4-5-6-9-16-28-17-15-27(3,21(2)19-28)22-11-10-12-23(18-22)33-20-29-26(30)24-13-7-8-14-25(24)34(29,31)32/h7-8,10-14,18,21H,4-6,9,15-17,19-20H2,1-3H3. The average Bonchev–Trinajstić information content (AvgIpc) is 3.03. The SMILES string of the molecule is CCCCCCN1CCC(C)(c2cccc(OCN3C(=O)c4ccccc4S3(=O)=O)c2)C(C)C1. The Morgan fingerprint density at radius 3 is 2.62 bits per heavy atom. The van der Waals surface area contributed by atoms with Gasteiger partial charge in [-0.1, -0.05) is 64.3 Å². The lowest BCUT2D eigenvalue weighted by molar-refractivity contribution is 0.0789. The summed E-state index contributed by atoms with van der Waals surface area (Å²) in [5.74, 6) is 0.517. The molecular weight excluding hydrogens is 448 g/mol. The molecular formula is C27H36N2O4S. The van der Waals surface area contributed by atoms with Gasteiger partial charge >= 0.3 is 0 Å². The molecule has 184 valence electrons. The summed E-state index contributed by atoms with van der Waals surface area (Å²) < 4.78 is 32.2. The maximum Gasteiger partial charge on any atom is 0.271 e. The third-order valence-electron chi connectivity index (χ3n) is 7.65. The lowest BCUT2D eigenvalue weighted by Crippen LogP contribution is -2.47. The lowest BCUT2D eigenvalue weighted by Gasteiger charge is -2.45. The summed E-state index contributed by atoms with van der Waals surface area (Å²) in [5, 5.41) is 0. The van der Waals surface area contributed by atoms with Crippen molar-refractivity contribution in [3.05, 3.63) is 59.7 Å². The van der Waals surface area contributed by atoms with Gasteiger partial charge < -0.3 is 9.64 Å². The van der Waals surface area contributed by atoms with Crippen molar-refractivity contribution >= 4 is 15.9 Å². The van der Waals surface area contributed by atoms with Crippen LogP contribution in [0.5, 0.6) is 5.75 Å². The van der Waals surface area contributed by atoms with E-state index in [1.165, 1.54) is 49.9 Å². The highest BCUT2D eigenvalue weighted by molar-refractivity contribution is 7.90. The molecule has 1 saturated heterocycles. The Morgan fingerprint density at radius 1 is 1.09 bits per heavy atom. The fourth-order valence-corrected chi connectivity index (χ4v) is 6.57. The van der Waals surface area contributed by atoms with Crippen LogP contribution in [0.4, 0.5) is 0 Å². The minimum Gasteiger partial charge on any atom is -0.472 e. The van der Waals surface area contributed by atoms with Crippen molar-refractivity contribution in [1.29, 1.82) is 0 Å². The zero-order valence-electron chi connectivity index (χ0n) is 20.5. The van der Waals surface area contributed by atoms with E-state index in [4.69, 9.17) is 4.74 Å². The van der Waals surface area contributed by atoms with Crippen LogP contribution in [0.25, 0.3) is 0 Å². The van der Waals surface area contributed by atoms with Crippen LogP contribution in [0.15, 0.2) is 53.4 Å². The van der Waals surface area contributed by atoms with E-state index in [0.29, 0.717) is 11.7 Å². The Balaban J connectivity index is 1.41. The number of carbonyl (C=O) groups excluding carboxylic acids is 1. The average molecular weight is 485 g/mol. The first-order chi connectivity index (χ1) is 16.3. The highest BCUT2D eigenvalue weighted by atomic mass is 32.2. The molecule has 2 aliphatic rings. The number of fused-ring (bicyclic) bond motifs is 1. The normalized spacial score (nSPS) is 24.3. The Hall–Kier alpha value is -2.38. The van der Waals surface area contributed by atoms with E-state index in [0.717, 1.165) is 23.8 Å². The molecule has 2 aromatic rings. The number of piperidine rings is 1. The number of hydrogen-bond acceptors (Lipinski definition) is 5. The van der Waals surface area contributed by atoms with Gasteiger partial charge in [0.1, 0.15) is 10.6 Å². The van der Waals surface area contributed by atoms with E-state index in [9.17, 15) is 13.2 Å². The summed E-state index contributed by atoms with van der Waals surface area (Å²) in [7, 11) is -3.88. The van der Waals surface area contributed by atoms with Crippen molar-refractivity contribution < 1.29 is 17.9 Å². The third kappa shape index (κ3) is 4.73. The van der Waals surface area contributed by atoms with Gasteiger partial charge in [-0.15, -0.1) is 0 Å². The molecule has 0 radical (unpaired) electrons. The van der Waals surface area contributed by atoms with Gasteiger partial charge in [0.05, 0.1) is 5.56 Å². The Morgan fingerprint density at radius 2 is 1.88 bits per heavy atom. The van der Waals surface area contributed by atoms with E-state index in [2.05, 4.69) is 31.7 Å². The molecule has 4 rings (SSSR count). The maximum absolute atomic E-state index is 12.8. The second kappa shape index (κ2) is 10.1. The predicted molar refractivity (Wildman–Crippen MR) is 133 cm³/mol. The highest BCUT2D eigenvalue weighted by Gasteiger charge is 2.41. The quantitative estimate of drug-likeness (QED) is 0.466. The Bertz CT molecular complexity index is 1130. The first-order valence-corrected chi connectivity index (χ1v) is 13.8. The zero-order valence-corrected chi connectivity index (χ0v) is 21.3. The molecule has 2 aliphatic heterocycles. The fourth-order valence-electron chi connectivity index (χ4n) is 5.14. The van der Waals surface area contributed by atoms with E-state index >= 15 is 0 Å². The van der Waals surface area contributed by atoms with Crippen LogP contribution in [0.2, 0.25) is 0 Å². The molecule has 0 bridgehead atoms. The van der Waals surface area contributed by atoms with E-state index in [1.54, 1.807) is 12.1 Å². The topological polar surface area (TPSA) is 66.9 Å². The number of rotatable bonds is 9. The number of likely N-dealkylation sites (tertiary alicyclic amines) is 1. The van der Waals surface area contributed by atoms with Crippen molar-refractivity contribution in [3.8, 4) is 5.75 Å². The number of carbonyl (C=O) groups is 1. The molecule has 1 fully saturated rings. The molecule has 2 unspecified atom stereocenters. The van der Waals surface area contributed by atoms with Crippen molar-refractivity contribution in [2.24, 2.45) is 5.92 Å². The van der Waals surface area contributed by atoms with Crippen LogP contribution < -0.4 is 4.74 Å². The third-order valence-corrected chi connectivity index (χ3v) is 9.41. The summed E-state index contributed by atoms with van der Waals surface area (Å²) >= 11 is 0. The van der Waals surface area contributed by atoms with Gasteiger partial charge in [-0.2, -0.15) is 4.31 Å². The van der Waals surface area contributed by atoms with Crippen LogP contribution in [0.1, 0.15) is 68.8 Å². The summed E-state index contributed by atoms with van der Waals surface area (Å²) in [6.45, 7) is 9.87. The van der Waals surface area contributed by atoms with Crippen molar-refractivity contribution in [1.82, 2.24) is 9.21 Å².